The van der Waals surface area contributed by atoms with E-state index >= 15 is 0 Å². The average molecular weight is 286 g/mol. The van der Waals surface area contributed by atoms with E-state index in [4.69, 9.17) is 0 Å². The van der Waals surface area contributed by atoms with Crippen molar-refractivity contribution < 1.29 is 18.0 Å². The summed E-state index contributed by atoms with van der Waals surface area (Å²) in [5, 5.41) is 0. The van der Waals surface area contributed by atoms with Gasteiger partial charge in [0, 0.05) is 31.7 Å². The maximum Gasteiger partial charge on any atom is 0.416 e. The number of nitrogens with zero attached hydrogens (tertiary/aromatic N) is 2. The molecule has 1 saturated heterocycles. The molecule has 0 aliphatic carbocycles. The summed E-state index contributed by atoms with van der Waals surface area (Å²) >= 11 is 0. The number of piperazine rings is 1. The summed E-state index contributed by atoms with van der Waals surface area (Å²) in [5.41, 5.74) is -0.652. The van der Waals surface area contributed by atoms with Crippen LogP contribution in [0.5, 0.6) is 0 Å². The Hall–Kier alpha value is -1.40. The second-order valence-electron chi connectivity index (χ2n) is 5.08. The molecule has 0 saturated carbocycles. The molecule has 1 aromatic rings. The third-order valence-electron chi connectivity index (χ3n) is 3.47. The first-order chi connectivity index (χ1) is 9.36. The molecule has 20 heavy (non-hydrogen) atoms. The van der Waals surface area contributed by atoms with Crippen molar-refractivity contribution >= 4 is 5.78 Å². The monoisotopic (exact) mass is 286 g/mol. The molecule has 0 amide bonds. The van der Waals surface area contributed by atoms with Crippen LogP contribution < -0.4 is 0 Å². The summed E-state index contributed by atoms with van der Waals surface area (Å²) in [7, 11) is 2.01. The molecule has 2 rings (SSSR count). The number of hydrogen-bond acceptors (Lipinski definition) is 3. The minimum Gasteiger partial charge on any atom is -0.304 e. The van der Waals surface area contributed by atoms with Crippen molar-refractivity contribution in [1.29, 1.82) is 0 Å². The molecule has 0 bridgehead atoms. The molecule has 1 fully saturated rings. The fourth-order valence-electron chi connectivity index (χ4n) is 2.17. The number of hydrogen-bond donors (Lipinski definition) is 0. The minimum atomic E-state index is -4.41. The maximum absolute atomic E-state index is 12.6. The van der Waals surface area contributed by atoms with Gasteiger partial charge in [-0.2, -0.15) is 13.2 Å². The third kappa shape index (κ3) is 3.80. The van der Waals surface area contributed by atoms with Crippen molar-refractivity contribution in [3.05, 3.63) is 35.4 Å². The zero-order valence-electron chi connectivity index (χ0n) is 11.3. The number of carbonyl (C=O) groups excluding carboxylic acids is 1. The zero-order valence-corrected chi connectivity index (χ0v) is 11.3. The highest BCUT2D eigenvalue weighted by molar-refractivity contribution is 5.97. The van der Waals surface area contributed by atoms with Gasteiger partial charge in [-0.1, -0.05) is 12.1 Å². The highest BCUT2D eigenvalue weighted by Gasteiger charge is 2.31. The van der Waals surface area contributed by atoms with Crippen LogP contribution in [0, 0.1) is 0 Å². The van der Waals surface area contributed by atoms with Gasteiger partial charge in [0.05, 0.1) is 12.1 Å². The molecule has 1 aliphatic rings. The first kappa shape index (κ1) is 15.0. The summed E-state index contributed by atoms with van der Waals surface area (Å²) in [6.45, 7) is 3.45. The van der Waals surface area contributed by atoms with E-state index in [0.29, 0.717) is 0 Å². The van der Waals surface area contributed by atoms with Crippen molar-refractivity contribution in [3.63, 3.8) is 0 Å². The van der Waals surface area contributed by atoms with Crippen molar-refractivity contribution in [2.24, 2.45) is 0 Å². The summed E-state index contributed by atoms with van der Waals surface area (Å²) in [6.07, 6.45) is -4.41. The van der Waals surface area contributed by atoms with Crippen molar-refractivity contribution in [1.82, 2.24) is 9.80 Å². The first-order valence-corrected chi connectivity index (χ1v) is 6.47. The fraction of sp³-hybridized carbons (Fsp3) is 0.500. The van der Waals surface area contributed by atoms with Crippen LogP contribution in [-0.2, 0) is 6.18 Å². The van der Waals surface area contributed by atoms with Crippen LogP contribution >= 0.6 is 0 Å². The first-order valence-electron chi connectivity index (χ1n) is 6.47. The lowest BCUT2D eigenvalue weighted by Gasteiger charge is -2.31. The SMILES string of the molecule is CN1CCN(CC(=O)c2cccc(C(F)(F)F)c2)CC1. The molecular weight excluding hydrogens is 269 g/mol. The molecule has 0 atom stereocenters. The Morgan fingerprint density at radius 1 is 1.20 bits per heavy atom. The smallest absolute Gasteiger partial charge is 0.304 e. The highest BCUT2D eigenvalue weighted by Crippen LogP contribution is 2.29. The van der Waals surface area contributed by atoms with Crippen molar-refractivity contribution in [3.8, 4) is 0 Å². The number of rotatable bonds is 3. The molecule has 1 aromatic carbocycles. The fourth-order valence-corrected chi connectivity index (χ4v) is 2.17. The van der Waals surface area contributed by atoms with E-state index < -0.39 is 11.7 Å². The summed E-state index contributed by atoms with van der Waals surface area (Å²) in [6, 6.07) is 4.62. The van der Waals surface area contributed by atoms with E-state index in [1.807, 2.05) is 11.9 Å². The third-order valence-corrected chi connectivity index (χ3v) is 3.47. The molecule has 3 nitrogen and oxygen atoms in total. The number of ketones is 1. The minimum absolute atomic E-state index is 0.124. The summed E-state index contributed by atoms with van der Waals surface area (Å²) in [5.74, 6) is -0.263. The Morgan fingerprint density at radius 2 is 1.85 bits per heavy atom. The van der Waals surface area contributed by atoms with Gasteiger partial charge in [-0.3, -0.25) is 9.69 Å². The topological polar surface area (TPSA) is 23.6 Å². The number of benzene rings is 1. The summed E-state index contributed by atoms with van der Waals surface area (Å²) in [4.78, 5) is 16.2. The van der Waals surface area contributed by atoms with E-state index in [0.717, 1.165) is 38.3 Å². The van der Waals surface area contributed by atoms with Crippen LogP contribution in [0.25, 0.3) is 0 Å². The van der Waals surface area contributed by atoms with Gasteiger partial charge in [-0.05, 0) is 19.2 Å². The maximum atomic E-state index is 12.6. The Morgan fingerprint density at radius 3 is 2.45 bits per heavy atom. The Labute approximate surface area is 116 Å². The van der Waals surface area contributed by atoms with Gasteiger partial charge in [0.2, 0.25) is 0 Å². The second-order valence-corrected chi connectivity index (χ2v) is 5.08. The predicted molar refractivity (Wildman–Crippen MR) is 69.7 cm³/mol. The van der Waals surface area contributed by atoms with E-state index in [9.17, 15) is 18.0 Å². The van der Waals surface area contributed by atoms with Crippen LogP contribution in [-0.4, -0.2) is 55.4 Å². The molecule has 6 heteroatoms. The van der Waals surface area contributed by atoms with Crippen LogP contribution in [0.4, 0.5) is 13.2 Å². The number of likely N-dealkylation sites (N-methyl/N-ethyl adjacent to an activating group) is 1. The number of halogens is 3. The average Bonchev–Trinajstić information content (AvgIpc) is 2.40. The molecule has 1 aliphatic heterocycles. The zero-order chi connectivity index (χ0) is 14.8. The lowest BCUT2D eigenvalue weighted by atomic mass is 10.1. The predicted octanol–water partition coefficient (Wildman–Crippen LogP) is 2.14. The molecule has 0 spiro atoms. The molecule has 0 unspecified atom stereocenters. The van der Waals surface area contributed by atoms with Gasteiger partial charge < -0.3 is 4.90 Å². The van der Waals surface area contributed by atoms with Crippen LogP contribution in [0.1, 0.15) is 15.9 Å². The molecule has 0 N–H and O–H groups in total. The van der Waals surface area contributed by atoms with Crippen molar-refractivity contribution in [2.45, 2.75) is 6.18 Å². The molecule has 0 radical (unpaired) electrons. The lowest BCUT2D eigenvalue weighted by molar-refractivity contribution is -0.137. The molecular formula is C14H17F3N2O. The lowest BCUT2D eigenvalue weighted by Crippen LogP contribution is -2.46. The van der Waals surface area contributed by atoms with Crippen LogP contribution in [0.2, 0.25) is 0 Å². The number of Topliss-reactive ketones (excluding diaryl/α,β-unsaturated/α-hetero) is 1. The molecule has 0 aromatic heterocycles. The van der Waals surface area contributed by atoms with Gasteiger partial charge in [0.15, 0.2) is 5.78 Å². The van der Waals surface area contributed by atoms with E-state index in [-0.39, 0.29) is 17.9 Å². The normalized spacial score (nSPS) is 18.2. The largest absolute Gasteiger partial charge is 0.416 e. The second kappa shape index (κ2) is 5.93. The standard InChI is InChI=1S/C14H17F3N2O/c1-18-5-7-19(8-6-18)10-13(20)11-3-2-4-12(9-11)14(15,16)17/h2-4,9H,5-8,10H2,1H3. The van der Waals surface area contributed by atoms with Gasteiger partial charge in [0.1, 0.15) is 0 Å². The molecule has 110 valence electrons. The van der Waals surface area contributed by atoms with Gasteiger partial charge in [-0.15, -0.1) is 0 Å². The van der Waals surface area contributed by atoms with Crippen molar-refractivity contribution in [2.75, 3.05) is 39.8 Å². The Bertz CT molecular complexity index is 480. The number of carbonyl (C=O) groups is 1. The Balaban J connectivity index is 2.02. The number of alkyl halides is 3. The van der Waals surface area contributed by atoms with Gasteiger partial charge in [-0.25, -0.2) is 0 Å². The summed E-state index contributed by atoms with van der Waals surface area (Å²) < 4.78 is 37.8. The van der Waals surface area contributed by atoms with Crippen LogP contribution in [0.15, 0.2) is 24.3 Å². The van der Waals surface area contributed by atoms with Gasteiger partial charge in [0.25, 0.3) is 0 Å². The Kier molecular flexibility index (Phi) is 4.45. The quantitative estimate of drug-likeness (QED) is 0.795. The highest BCUT2D eigenvalue weighted by atomic mass is 19.4. The van der Waals surface area contributed by atoms with E-state index in [1.165, 1.54) is 12.1 Å². The van der Waals surface area contributed by atoms with Gasteiger partial charge >= 0.3 is 6.18 Å². The van der Waals surface area contributed by atoms with E-state index in [1.54, 1.807) is 0 Å². The van der Waals surface area contributed by atoms with Crippen LogP contribution in [0.3, 0.4) is 0 Å². The molecule has 1 heterocycles. The van der Waals surface area contributed by atoms with E-state index in [2.05, 4.69) is 4.90 Å².